The molecule has 6 nitrogen and oxygen atoms in total. The van der Waals surface area contributed by atoms with Gasteiger partial charge in [0.15, 0.2) is 11.5 Å². The minimum Gasteiger partial charge on any atom is -0.493 e. The Hall–Kier alpha value is -3.02. The van der Waals surface area contributed by atoms with Gasteiger partial charge in [0.05, 0.1) is 20.3 Å². The van der Waals surface area contributed by atoms with Crippen molar-refractivity contribution in [2.24, 2.45) is 0 Å². The summed E-state index contributed by atoms with van der Waals surface area (Å²) in [7, 11) is 3.22. The highest BCUT2D eigenvalue weighted by Crippen LogP contribution is 2.34. The third-order valence-electron chi connectivity index (χ3n) is 6.52. The van der Waals surface area contributed by atoms with E-state index in [4.69, 9.17) is 9.47 Å². The van der Waals surface area contributed by atoms with Crippen LogP contribution in [0.5, 0.6) is 11.5 Å². The van der Waals surface area contributed by atoms with Gasteiger partial charge in [0.1, 0.15) is 0 Å². The number of ether oxygens (including phenoxy) is 2. The Kier molecular flexibility index (Phi) is 6.16. The second-order valence-corrected chi connectivity index (χ2v) is 8.55. The van der Waals surface area contributed by atoms with Crippen LogP contribution in [0.4, 0.5) is 0 Å². The highest BCUT2D eigenvalue weighted by Gasteiger charge is 2.38. The first-order valence-corrected chi connectivity index (χ1v) is 10.9. The molecule has 0 bridgehead atoms. The molecule has 0 aromatic heterocycles. The summed E-state index contributed by atoms with van der Waals surface area (Å²) in [5.74, 6) is 1.42. The second-order valence-electron chi connectivity index (χ2n) is 8.55. The van der Waals surface area contributed by atoms with Gasteiger partial charge in [-0.2, -0.15) is 0 Å². The van der Waals surface area contributed by atoms with Crippen LogP contribution in [0, 0.1) is 0 Å². The van der Waals surface area contributed by atoms with Crippen LogP contribution in [0.25, 0.3) is 0 Å². The number of aryl methyl sites for hydroxylation is 1. The Labute approximate surface area is 183 Å². The van der Waals surface area contributed by atoms with E-state index in [2.05, 4.69) is 22.8 Å². The van der Waals surface area contributed by atoms with E-state index in [9.17, 15) is 9.59 Å². The fraction of sp³-hybridized carbons (Fsp3) is 0.440. The lowest BCUT2D eigenvalue weighted by Crippen LogP contribution is -2.44. The van der Waals surface area contributed by atoms with Crippen molar-refractivity contribution in [3.8, 4) is 11.5 Å². The van der Waals surface area contributed by atoms with Gasteiger partial charge >= 0.3 is 0 Å². The number of nitrogens with one attached hydrogen (secondary N) is 2. The van der Waals surface area contributed by atoms with E-state index in [0.717, 1.165) is 24.8 Å². The average molecular weight is 423 g/mol. The lowest BCUT2D eigenvalue weighted by atomic mass is 9.84. The van der Waals surface area contributed by atoms with Gasteiger partial charge in [-0.25, -0.2) is 0 Å². The Balaban J connectivity index is 1.42. The van der Waals surface area contributed by atoms with Gasteiger partial charge in [-0.15, -0.1) is 0 Å². The molecule has 1 fully saturated rings. The summed E-state index contributed by atoms with van der Waals surface area (Å²) >= 11 is 0. The number of benzene rings is 2. The number of carbonyl (C=O) groups excluding carboxylic acids is 2. The summed E-state index contributed by atoms with van der Waals surface area (Å²) in [5.41, 5.74) is 3.18. The lowest BCUT2D eigenvalue weighted by Gasteiger charge is -2.30. The van der Waals surface area contributed by atoms with Crippen molar-refractivity contribution >= 4 is 11.8 Å². The molecule has 2 aliphatic rings. The lowest BCUT2D eigenvalue weighted by molar-refractivity contribution is -0.123. The SMILES string of the molecule is COc1ccc(C[C@@]2(CCC(=O)N[C@@H]3CCc4ccccc43)CCC(=O)N2)cc1OC. The molecule has 1 heterocycles. The molecule has 164 valence electrons. The maximum atomic E-state index is 12.8. The van der Waals surface area contributed by atoms with Gasteiger partial charge in [0.25, 0.3) is 0 Å². The Bertz CT molecular complexity index is 974. The number of hydrogen-bond donors (Lipinski definition) is 2. The van der Waals surface area contributed by atoms with E-state index in [0.29, 0.717) is 37.2 Å². The predicted molar refractivity (Wildman–Crippen MR) is 118 cm³/mol. The predicted octanol–water partition coefficient (Wildman–Crippen LogP) is 3.48. The van der Waals surface area contributed by atoms with Crippen molar-refractivity contribution in [1.29, 1.82) is 0 Å². The Morgan fingerprint density at radius 1 is 1.13 bits per heavy atom. The minimum atomic E-state index is -0.415. The minimum absolute atomic E-state index is 0.0366. The van der Waals surface area contributed by atoms with Crippen LogP contribution in [-0.4, -0.2) is 31.6 Å². The van der Waals surface area contributed by atoms with Gasteiger partial charge in [-0.3, -0.25) is 9.59 Å². The average Bonchev–Trinajstić information content (AvgIpc) is 3.36. The quantitative estimate of drug-likeness (QED) is 0.683. The molecule has 1 aliphatic heterocycles. The van der Waals surface area contributed by atoms with Crippen molar-refractivity contribution in [2.75, 3.05) is 14.2 Å². The third kappa shape index (κ3) is 4.68. The Morgan fingerprint density at radius 2 is 1.94 bits per heavy atom. The van der Waals surface area contributed by atoms with Crippen molar-refractivity contribution in [3.63, 3.8) is 0 Å². The van der Waals surface area contributed by atoms with Crippen molar-refractivity contribution in [2.45, 2.75) is 56.5 Å². The number of rotatable bonds is 8. The topological polar surface area (TPSA) is 76.7 Å². The summed E-state index contributed by atoms with van der Waals surface area (Å²) in [6.07, 6.45) is 4.79. The van der Waals surface area contributed by atoms with Crippen LogP contribution in [0.1, 0.15) is 54.8 Å². The molecule has 0 saturated carbocycles. The standard InChI is InChI=1S/C25H30N2O4/c1-30-21-10-7-17(15-22(21)31-2)16-25(14-12-24(29)27-25)13-11-23(28)26-20-9-8-18-5-3-4-6-19(18)20/h3-7,10,15,20H,8-9,11-14,16H2,1-2H3,(H,26,28)(H,27,29)/t20-,25-/m1/s1. The molecule has 2 N–H and O–H groups in total. The maximum absolute atomic E-state index is 12.8. The number of amides is 2. The third-order valence-corrected chi connectivity index (χ3v) is 6.52. The molecule has 4 rings (SSSR count). The highest BCUT2D eigenvalue weighted by atomic mass is 16.5. The number of hydrogen-bond acceptors (Lipinski definition) is 4. The number of fused-ring (bicyclic) bond motifs is 1. The monoisotopic (exact) mass is 422 g/mol. The molecule has 1 aliphatic carbocycles. The van der Waals surface area contributed by atoms with Gasteiger partial charge in [-0.1, -0.05) is 30.3 Å². The molecule has 31 heavy (non-hydrogen) atoms. The van der Waals surface area contributed by atoms with E-state index in [1.54, 1.807) is 14.2 Å². The first kappa shape index (κ1) is 21.2. The van der Waals surface area contributed by atoms with E-state index in [1.807, 2.05) is 30.3 Å². The molecule has 2 atom stereocenters. The molecule has 2 amide bonds. The van der Waals surface area contributed by atoms with Crippen molar-refractivity contribution in [3.05, 3.63) is 59.2 Å². The van der Waals surface area contributed by atoms with E-state index < -0.39 is 5.54 Å². The molecule has 0 unspecified atom stereocenters. The zero-order valence-electron chi connectivity index (χ0n) is 18.2. The van der Waals surface area contributed by atoms with Gasteiger partial charge in [-0.05, 0) is 60.9 Å². The summed E-state index contributed by atoms with van der Waals surface area (Å²) in [4.78, 5) is 24.8. The second kappa shape index (κ2) is 9.00. The van der Waals surface area contributed by atoms with E-state index in [-0.39, 0.29) is 17.9 Å². The summed E-state index contributed by atoms with van der Waals surface area (Å²) < 4.78 is 10.7. The summed E-state index contributed by atoms with van der Waals surface area (Å²) in [5, 5.41) is 6.35. The highest BCUT2D eigenvalue weighted by molar-refractivity contribution is 5.80. The molecule has 2 aromatic carbocycles. The fourth-order valence-electron chi connectivity index (χ4n) is 4.89. The molecule has 2 aromatic rings. The molecule has 6 heteroatoms. The van der Waals surface area contributed by atoms with Gasteiger partial charge < -0.3 is 20.1 Å². The van der Waals surface area contributed by atoms with E-state index >= 15 is 0 Å². The molecule has 0 radical (unpaired) electrons. The van der Waals surface area contributed by atoms with E-state index in [1.165, 1.54) is 11.1 Å². The molecular formula is C25H30N2O4. The van der Waals surface area contributed by atoms with Crippen LogP contribution in [0.2, 0.25) is 0 Å². The van der Waals surface area contributed by atoms with Crippen LogP contribution in [0.15, 0.2) is 42.5 Å². The zero-order chi connectivity index (χ0) is 21.8. The van der Waals surface area contributed by atoms with Crippen molar-refractivity contribution < 1.29 is 19.1 Å². The van der Waals surface area contributed by atoms with Crippen LogP contribution in [0.3, 0.4) is 0 Å². The molecular weight excluding hydrogens is 392 g/mol. The van der Waals surface area contributed by atoms with Gasteiger partial charge in [0.2, 0.25) is 11.8 Å². The van der Waals surface area contributed by atoms with Crippen LogP contribution < -0.4 is 20.1 Å². The van der Waals surface area contributed by atoms with Crippen molar-refractivity contribution in [1.82, 2.24) is 10.6 Å². The van der Waals surface area contributed by atoms with Gasteiger partial charge in [0, 0.05) is 18.4 Å². The smallest absolute Gasteiger partial charge is 0.220 e. The molecule has 1 saturated heterocycles. The van der Waals surface area contributed by atoms with Crippen LogP contribution >= 0.6 is 0 Å². The largest absolute Gasteiger partial charge is 0.493 e. The summed E-state index contributed by atoms with van der Waals surface area (Å²) in [6.45, 7) is 0. The maximum Gasteiger partial charge on any atom is 0.220 e. The fourth-order valence-corrected chi connectivity index (χ4v) is 4.89. The Morgan fingerprint density at radius 3 is 2.68 bits per heavy atom. The summed E-state index contributed by atoms with van der Waals surface area (Å²) in [6, 6.07) is 14.2. The van der Waals surface area contributed by atoms with Crippen LogP contribution in [-0.2, 0) is 22.4 Å². The number of methoxy groups -OCH3 is 2. The normalized spacial score (nSPS) is 22.0. The molecule has 0 spiro atoms. The first-order chi connectivity index (χ1) is 15.0. The first-order valence-electron chi connectivity index (χ1n) is 10.9. The zero-order valence-corrected chi connectivity index (χ0v) is 18.2. The number of carbonyl (C=O) groups is 2.